The fraction of sp³-hybridized carbons (Fsp3) is 0.529. The summed E-state index contributed by atoms with van der Waals surface area (Å²) in [6.45, 7) is 6.56. The minimum Gasteiger partial charge on any atom is -0.392 e. The van der Waals surface area contributed by atoms with Crippen LogP contribution in [0.25, 0.3) is 5.57 Å². The lowest BCUT2D eigenvalue weighted by molar-refractivity contribution is 0.301. The molecule has 0 aliphatic carbocycles. The molecule has 1 aromatic carbocycles. The van der Waals surface area contributed by atoms with E-state index in [1.807, 2.05) is 0 Å². The molecule has 0 unspecified atom stereocenters. The maximum atomic E-state index is 11.5. The Balaban J connectivity index is 3.00. The minimum atomic E-state index is -3.18. The Morgan fingerprint density at radius 1 is 1.19 bits per heavy atom. The Morgan fingerprint density at radius 2 is 1.71 bits per heavy atom. The second-order valence-electron chi connectivity index (χ2n) is 5.91. The highest BCUT2D eigenvalue weighted by molar-refractivity contribution is 7.90. The van der Waals surface area contributed by atoms with Gasteiger partial charge in [-0.05, 0) is 35.1 Å². The summed E-state index contributed by atoms with van der Waals surface area (Å²) in [5.74, 6) is 0. The molecule has 0 saturated carbocycles. The summed E-state index contributed by atoms with van der Waals surface area (Å²) in [6.07, 6.45) is 6.35. The molecule has 1 N–H and O–H groups in total. The number of rotatable bonds is 7. The highest BCUT2D eigenvalue weighted by Gasteiger charge is 2.18. The first-order chi connectivity index (χ1) is 9.75. The zero-order valence-corrected chi connectivity index (χ0v) is 14.2. The standard InChI is InChI=1S/C17H26O3S/c1-5-17(3,6-2)12-11-15(13-18)14-7-9-16(10-8-14)21(4,19)20/h7-11,18H,5-6,12-13H2,1-4H3/b15-11-. The largest absolute Gasteiger partial charge is 0.392 e. The summed E-state index contributed by atoms with van der Waals surface area (Å²) in [6, 6.07) is 6.70. The lowest BCUT2D eigenvalue weighted by Gasteiger charge is -2.25. The summed E-state index contributed by atoms with van der Waals surface area (Å²) in [5.41, 5.74) is 1.97. The Hall–Kier alpha value is -1.13. The smallest absolute Gasteiger partial charge is 0.175 e. The molecule has 21 heavy (non-hydrogen) atoms. The van der Waals surface area contributed by atoms with Crippen LogP contribution >= 0.6 is 0 Å². The molecule has 1 rings (SSSR count). The van der Waals surface area contributed by atoms with Crippen LogP contribution in [0.1, 0.15) is 45.6 Å². The molecule has 1 aromatic rings. The summed E-state index contributed by atoms with van der Waals surface area (Å²) in [4.78, 5) is 0.301. The van der Waals surface area contributed by atoms with Crippen molar-refractivity contribution in [2.45, 2.75) is 44.9 Å². The van der Waals surface area contributed by atoms with E-state index in [4.69, 9.17) is 0 Å². The first-order valence-corrected chi connectivity index (χ1v) is 9.25. The van der Waals surface area contributed by atoms with E-state index in [0.717, 1.165) is 30.4 Å². The van der Waals surface area contributed by atoms with Crippen LogP contribution in [0.3, 0.4) is 0 Å². The minimum absolute atomic E-state index is 0.0400. The molecule has 0 aliphatic heterocycles. The van der Waals surface area contributed by atoms with Crippen LogP contribution in [0, 0.1) is 5.41 Å². The van der Waals surface area contributed by atoms with Crippen molar-refractivity contribution >= 4 is 15.4 Å². The third-order valence-electron chi connectivity index (χ3n) is 4.37. The zero-order valence-electron chi connectivity index (χ0n) is 13.4. The molecule has 118 valence electrons. The average molecular weight is 310 g/mol. The molecular formula is C17H26O3S. The number of benzene rings is 1. The highest BCUT2D eigenvalue weighted by Crippen LogP contribution is 2.31. The van der Waals surface area contributed by atoms with Crippen LogP contribution in [0.15, 0.2) is 35.2 Å². The van der Waals surface area contributed by atoms with Gasteiger partial charge in [0.25, 0.3) is 0 Å². The molecule has 0 fully saturated rings. The van der Waals surface area contributed by atoms with Crippen molar-refractivity contribution in [3.05, 3.63) is 35.9 Å². The van der Waals surface area contributed by atoms with Gasteiger partial charge in [-0.15, -0.1) is 0 Å². The van der Waals surface area contributed by atoms with Gasteiger partial charge < -0.3 is 5.11 Å². The van der Waals surface area contributed by atoms with Crippen LogP contribution in [0.4, 0.5) is 0 Å². The first-order valence-electron chi connectivity index (χ1n) is 7.36. The first kappa shape index (κ1) is 17.9. The second kappa shape index (κ2) is 7.23. The van der Waals surface area contributed by atoms with Crippen molar-refractivity contribution < 1.29 is 13.5 Å². The molecular weight excluding hydrogens is 284 g/mol. The Labute approximate surface area is 128 Å². The van der Waals surface area contributed by atoms with E-state index >= 15 is 0 Å². The lowest BCUT2D eigenvalue weighted by Crippen LogP contribution is -2.12. The van der Waals surface area contributed by atoms with Crippen LogP contribution < -0.4 is 0 Å². The quantitative estimate of drug-likeness (QED) is 0.836. The van der Waals surface area contributed by atoms with Gasteiger partial charge in [-0.3, -0.25) is 0 Å². The maximum absolute atomic E-state index is 11.5. The van der Waals surface area contributed by atoms with E-state index in [1.54, 1.807) is 24.3 Å². The van der Waals surface area contributed by atoms with Gasteiger partial charge >= 0.3 is 0 Å². The molecule has 0 heterocycles. The zero-order chi connectivity index (χ0) is 16.1. The Morgan fingerprint density at radius 3 is 2.10 bits per heavy atom. The number of sulfone groups is 1. The fourth-order valence-electron chi connectivity index (χ4n) is 2.10. The van der Waals surface area contributed by atoms with Crippen molar-refractivity contribution in [2.75, 3.05) is 12.9 Å². The van der Waals surface area contributed by atoms with E-state index in [0.29, 0.717) is 4.90 Å². The Bertz CT molecular complexity index is 579. The van der Waals surface area contributed by atoms with Crippen LogP contribution in [0.2, 0.25) is 0 Å². The average Bonchev–Trinajstić information content (AvgIpc) is 2.47. The molecule has 0 atom stereocenters. The lowest BCUT2D eigenvalue weighted by atomic mass is 9.80. The predicted molar refractivity (Wildman–Crippen MR) is 87.9 cm³/mol. The molecule has 0 spiro atoms. The third kappa shape index (κ3) is 4.97. The molecule has 0 amide bonds. The number of aliphatic hydroxyl groups excluding tert-OH is 1. The van der Waals surface area contributed by atoms with Crippen molar-refractivity contribution in [3.63, 3.8) is 0 Å². The van der Waals surface area contributed by atoms with E-state index in [-0.39, 0.29) is 12.0 Å². The van der Waals surface area contributed by atoms with Crippen molar-refractivity contribution in [1.29, 1.82) is 0 Å². The second-order valence-corrected chi connectivity index (χ2v) is 7.92. The highest BCUT2D eigenvalue weighted by atomic mass is 32.2. The van der Waals surface area contributed by atoms with Crippen LogP contribution in [0.5, 0.6) is 0 Å². The van der Waals surface area contributed by atoms with E-state index < -0.39 is 9.84 Å². The number of hydrogen-bond donors (Lipinski definition) is 1. The summed E-state index contributed by atoms with van der Waals surface area (Å²) < 4.78 is 22.9. The third-order valence-corrected chi connectivity index (χ3v) is 5.50. The molecule has 3 nitrogen and oxygen atoms in total. The van der Waals surface area contributed by atoms with Gasteiger partial charge in [0.2, 0.25) is 0 Å². The molecule has 0 aliphatic rings. The van der Waals surface area contributed by atoms with Gasteiger partial charge in [0.15, 0.2) is 9.84 Å². The van der Waals surface area contributed by atoms with Gasteiger partial charge in [-0.2, -0.15) is 0 Å². The summed E-state index contributed by atoms with van der Waals surface area (Å²) in [7, 11) is -3.18. The fourth-order valence-corrected chi connectivity index (χ4v) is 2.73. The van der Waals surface area contributed by atoms with Crippen molar-refractivity contribution in [1.82, 2.24) is 0 Å². The normalized spacial score (nSPS) is 13.5. The van der Waals surface area contributed by atoms with Crippen LogP contribution in [-0.4, -0.2) is 26.4 Å². The molecule has 0 radical (unpaired) electrons. The van der Waals surface area contributed by atoms with E-state index in [2.05, 4.69) is 26.8 Å². The van der Waals surface area contributed by atoms with Gasteiger partial charge in [0, 0.05) is 6.26 Å². The van der Waals surface area contributed by atoms with E-state index in [9.17, 15) is 13.5 Å². The maximum Gasteiger partial charge on any atom is 0.175 e. The van der Waals surface area contributed by atoms with Gasteiger partial charge in [0.1, 0.15) is 0 Å². The molecule has 0 bridgehead atoms. The van der Waals surface area contributed by atoms with Crippen molar-refractivity contribution in [2.24, 2.45) is 5.41 Å². The number of allylic oxidation sites excluding steroid dienone is 1. The summed E-state index contributed by atoms with van der Waals surface area (Å²) >= 11 is 0. The van der Waals surface area contributed by atoms with Gasteiger partial charge in [-0.25, -0.2) is 8.42 Å². The van der Waals surface area contributed by atoms with Gasteiger partial charge in [-0.1, -0.05) is 51.8 Å². The van der Waals surface area contributed by atoms with E-state index in [1.165, 1.54) is 6.26 Å². The Kier molecular flexibility index (Phi) is 6.17. The monoisotopic (exact) mass is 310 g/mol. The number of aliphatic hydroxyl groups is 1. The number of hydrogen-bond acceptors (Lipinski definition) is 3. The van der Waals surface area contributed by atoms with Gasteiger partial charge in [0.05, 0.1) is 11.5 Å². The SMILES string of the molecule is CCC(C)(CC)C/C=C(/CO)c1ccc(S(C)(=O)=O)cc1. The molecule has 0 saturated heterocycles. The topological polar surface area (TPSA) is 54.4 Å². The van der Waals surface area contributed by atoms with Crippen molar-refractivity contribution in [3.8, 4) is 0 Å². The molecule has 4 heteroatoms. The molecule has 0 aromatic heterocycles. The predicted octanol–water partition coefficient (Wildman–Crippen LogP) is 3.68. The van der Waals surface area contributed by atoms with Crippen LogP contribution in [-0.2, 0) is 9.84 Å². The summed E-state index contributed by atoms with van der Waals surface area (Å²) in [5, 5.41) is 9.56.